The Balaban J connectivity index is 2.42. The van der Waals surface area contributed by atoms with Gasteiger partial charge in [0.05, 0.1) is 10.6 Å². The van der Waals surface area contributed by atoms with E-state index in [9.17, 15) is 18.0 Å². The van der Waals surface area contributed by atoms with E-state index in [1.54, 1.807) is 18.2 Å². The average molecular weight is 333 g/mol. The second kappa shape index (κ2) is 6.62. The van der Waals surface area contributed by atoms with Gasteiger partial charge < -0.3 is 4.74 Å². The first kappa shape index (κ1) is 16.7. The maximum absolute atomic E-state index is 12.7. The molecular weight excluding hydrogens is 318 g/mol. The molecule has 0 heterocycles. The molecular formula is C16H15NO5S. The summed E-state index contributed by atoms with van der Waals surface area (Å²) in [5.41, 5.74) is 0.254. The largest absolute Gasteiger partial charge is 0.427 e. The first-order valence-electron chi connectivity index (χ1n) is 6.72. The van der Waals surface area contributed by atoms with Crippen LogP contribution in [0, 0.1) is 0 Å². The number of rotatable bonds is 4. The number of ether oxygens (including phenoxy) is 1. The highest BCUT2D eigenvalue weighted by Crippen LogP contribution is 2.25. The Morgan fingerprint density at radius 3 is 1.96 bits per heavy atom. The van der Waals surface area contributed by atoms with Crippen LogP contribution in [-0.2, 0) is 19.6 Å². The summed E-state index contributed by atoms with van der Waals surface area (Å²) in [5.74, 6) is -0.902. The fraction of sp³-hybridized carbons (Fsp3) is 0.125. The van der Waals surface area contributed by atoms with Gasteiger partial charge in [-0.3, -0.25) is 9.59 Å². The Kier molecular flexibility index (Phi) is 4.80. The second-order valence-electron chi connectivity index (χ2n) is 4.69. The molecule has 0 aromatic heterocycles. The van der Waals surface area contributed by atoms with E-state index in [4.69, 9.17) is 4.74 Å². The van der Waals surface area contributed by atoms with Gasteiger partial charge >= 0.3 is 5.97 Å². The van der Waals surface area contributed by atoms with Crippen molar-refractivity contribution < 1.29 is 22.7 Å². The molecule has 0 aliphatic heterocycles. The van der Waals surface area contributed by atoms with Crippen molar-refractivity contribution in [2.75, 3.05) is 4.31 Å². The van der Waals surface area contributed by atoms with Crippen molar-refractivity contribution in [1.82, 2.24) is 0 Å². The summed E-state index contributed by atoms with van der Waals surface area (Å²) in [4.78, 5) is 22.7. The number of carbonyl (C=O) groups excluding carboxylic acids is 2. The van der Waals surface area contributed by atoms with Gasteiger partial charge in [0.25, 0.3) is 10.0 Å². The third kappa shape index (κ3) is 3.75. The number of para-hydroxylation sites is 1. The SMILES string of the molecule is CC(=O)Oc1ccc(S(=O)(=O)N(C(C)=O)c2ccccc2)cc1. The topological polar surface area (TPSA) is 80.8 Å². The van der Waals surface area contributed by atoms with Gasteiger partial charge in [0.1, 0.15) is 5.75 Å². The maximum atomic E-state index is 12.7. The van der Waals surface area contributed by atoms with E-state index in [1.807, 2.05) is 0 Å². The summed E-state index contributed by atoms with van der Waals surface area (Å²) in [7, 11) is -4.06. The number of carbonyl (C=O) groups is 2. The Morgan fingerprint density at radius 2 is 1.48 bits per heavy atom. The normalized spacial score (nSPS) is 10.9. The number of anilines is 1. The average Bonchev–Trinajstić information content (AvgIpc) is 2.47. The summed E-state index contributed by atoms with van der Waals surface area (Å²) in [6.45, 7) is 2.43. The Hall–Kier alpha value is -2.67. The van der Waals surface area contributed by atoms with Crippen molar-refractivity contribution in [3.63, 3.8) is 0 Å². The monoisotopic (exact) mass is 333 g/mol. The summed E-state index contributed by atoms with van der Waals surface area (Å²) in [6, 6.07) is 13.4. The molecule has 23 heavy (non-hydrogen) atoms. The van der Waals surface area contributed by atoms with Gasteiger partial charge in [0.2, 0.25) is 5.91 Å². The third-order valence-electron chi connectivity index (χ3n) is 2.90. The second-order valence-corrected chi connectivity index (χ2v) is 6.48. The first-order chi connectivity index (χ1) is 10.8. The third-order valence-corrected chi connectivity index (χ3v) is 4.72. The zero-order valence-corrected chi connectivity index (χ0v) is 13.4. The van der Waals surface area contributed by atoms with Crippen molar-refractivity contribution in [1.29, 1.82) is 0 Å². The molecule has 0 aliphatic carbocycles. The molecule has 0 bridgehead atoms. The summed E-state index contributed by atoms with van der Waals surface area (Å²) < 4.78 is 31.0. The molecule has 1 amide bonds. The fourth-order valence-corrected chi connectivity index (χ4v) is 3.43. The predicted octanol–water partition coefficient (Wildman–Crippen LogP) is 2.35. The molecule has 0 N–H and O–H groups in total. The van der Waals surface area contributed by atoms with Gasteiger partial charge in [-0.05, 0) is 36.4 Å². The Bertz CT molecular complexity index is 813. The van der Waals surface area contributed by atoms with Crippen LogP contribution in [0.15, 0.2) is 59.5 Å². The van der Waals surface area contributed by atoms with E-state index in [2.05, 4.69) is 0 Å². The molecule has 2 aromatic rings. The summed E-state index contributed by atoms with van der Waals surface area (Å²) in [6.07, 6.45) is 0. The van der Waals surface area contributed by atoms with Gasteiger partial charge in [-0.2, -0.15) is 0 Å². The molecule has 0 atom stereocenters. The molecule has 2 rings (SSSR count). The minimum absolute atomic E-state index is 0.0764. The smallest absolute Gasteiger partial charge is 0.308 e. The number of esters is 1. The van der Waals surface area contributed by atoms with E-state index >= 15 is 0 Å². The van der Waals surface area contributed by atoms with Crippen molar-refractivity contribution in [3.8, 4) is 5.75 Å². The van der Waals surface area contributed by atoms with Gasteiger partial charge in [0.15, 0.2) is 0 Å². The molecule has 7 heteroatoms. The van der Waals surface area contributed by atoms with E-state index in [-0.39, 0.29) is 16.3 Å². The van der Waals surface area contributed by atoms with Gasteiger partial charge in [-0.1, -0.05) is 18.2 Å². The molecule has 0 aliphatic rings. The lowest BCUT2D eigenvalue weighted by Gasteiger charge is -2.21. The highest BCUT2D eigenvalue weighted by Gasteiger charge is 2.28. The summed E-state index contributed by atoms with van der Waals surface area (Å²) in [5, 5.41) is 0. The van der Waals surface area contributed by atoms with Crippen molar-refractivity contribution in [2.45, 2.75) is 18.7 Å². The highest BCUT2D eigenvalue weighted by molar-refractivity contribution is 7.93. The van der Waals surface area contributed by atoms with Crippen LogP contribution in [0.3, 0.4) is 0 Å². The zero-order valence-electron chi connectivity index (χ0n) is 12.6. The lowest BCUT2D eigenvalue weighted by molar-refractivity contribution is -0.131. The number of hydrogen-bond donors (Lipinski definition) is 0. The molecule has 0 spiro atoms. The van der Waals surface area contributed by atoms with Gasteiger partial charge in [-0.25, -0.2) is 12.7 Å². The van der Waals surface area contributed by atoms with Gasteiger partial charge in [-0.15, -0.1) is 0 Å². The number of sulfonamides is 1. The van der Waals surface area contributed by atoms with Crippen LogP contribution in [-0.4, -0.2) is 20.3 Å². The summed E-state index contributed by atoms with van der Waals surface area (Å²) >= 11 is 0. The highest BCUT2D eigenvalue weighted by atomic mass is 32.2. The number of amides is 1. The zero-order chi connectivity index (χ0) is 17.0. The standard InChI is InChI=1S/C16H15NO5S/c1-12(18)17(14-6-4-3-5-7-14)23(20,21)16-10-8-15(9-11-16)22-13(2)19/h3-11H,1-2H3. The van der Waals surface area contributed by atoms with Crippen molar-refractivity contribution in [3.05, 3.63) is 54.6 Å². The van der Waals surface area contributed by atoms with E-state index in [1.165, 1.54) is 50.2 Å². The lowest BCUT2D eigenvalue weighted by Crippen LogP contribution is -2.35. The van der Waals surface area contributed by atoms with Crippen LogP contribution in [0.1, 0.15) is 13.8 Å². The Labute approximate surface area is 134 Å². The van der Waals surface area contributed by atoms with E-state index in [0.29, 0.717) is 0 Å². The lowest BCUT2D eigenvalue weighted by atomic mass is 10.3. The molecule has 0 saturated heterocycles. The first-order valence-corrected chi connectivity index (χ1v) is 8.16. The molecule has 6 nitrogen and oxygen atoms in total. The van der Waals surface area contributed by atoms with Crippen LogP contribution >= 0.6 is 0 Å². The number of nitrogens with zero attached hydrogens (tertiary/aromatic N) is 1. The molecule has 0 unspecified atom stereocenters. The fourth-order valence-electron chi connectivity index (χ4n) is 2.00. The predicted molar refractivity (Wildman–Crippen MR) is 84.5 cm³/mol. The van der Waals surface area contributed by atoms with Crippen molar-refractivity contribution in [2.24, 2.45) is 0 Å². The van der Waals surface area contributed by atoms with Crippen LogP contribution in [0.2, 0.25) is 0 Å². The quantitative estimate of drug-likeness (QED) is 0.634. The number of hydrogen-bond acceptors (Lipinski definition) is 5. The van der Waals surface area contributed by atoms with Crippen LogP contribution in [0.5, 0.6) is 5.75 Å². The molecule has 120 valence electrons. The van der Waals surface area contributed by atoms with Crippen molar-refractivity contribution >= 4 is 27.6 Å². The van der Waals surface area contributed by atoms with Crippen LogP contribution < -0.4 is 9.04 Å². The Morgan fingerprint density at radius 1 is 0.913 bits per heavy atom. The molecule has 2 aromatic carbocycles. The number of benzene rings is 2. The maximum Gasteiger partial charge on any atom is 0.308 e. The molecule has 0 saturated carbocycles. The molecule has 0 radical (unpaired) electrons. The van der Waals surface area contributed by atoms with Crippen LogP contribution in [0.4, 0.5) is 5.69 Å². The minimum atomic E-state index is -4.06. The van der Waals surface area contributed by atoms with E-state index < -0.39 is 21.9 Å². The minimum Gasteiger partial charge on any atom is -0.427 e. The van der Waals surface area contributed by atoms with Crippen LogP contribution in [0.25, 0.3) is 0 Å². The molecule has 0 fully saturated rings. The van der Waals surface area contributed by atoms with E-state index in [0.717, 1.165) is 4.31 Å². The van der Waals surface area contributed by atoms with Gasteiger partial charge in [0, 0.05) is 13.8 Å².